The van der Waals surface area contributed by atoms with Gasteiger partial charge in [0.1, 0.15) is 0 Å². The molecule has 1 aromatic rings. The predicted molar refractivity (Wildman–Crippen MR) is 122 cm³/mol. The Kier molecular flexibility index (Phi) is 16.2. The summed E-state index contributed by atoms with van der Waals surface area (Å²) in [6, 6.07) is 10.4. The smallest absolute Gasteiger partial charge is 0.306 e. The van der Waals surface area contributed by atoms with E-state index >= 15 is 0 Å². The Balaban J connectivity index is 1.74. The van der Waals surface area contributed by atoms with Gasteiger partial charge in [-0.1, -0.05) is 94.4 Å². The number of unbranched alkanes of at least 4 members (excludes halogenated alkanes) is 10. The van der Waals surface area contributed by atoms with Crippen molar-refractivity contribution >= 4 is 5.97 Å². The van der Waals surface area contributed by atoms with E-state index in [1.165, 1.54) is 63.4 Å². The number of hydrogen-bond acceptors (Lipinski definition) is 2. The zero-order valence-electron chi connectivity index (χ0n) is 18.5. The molecule has 0 aliphatic carbocycles. The van der Waals surface area contributed by atoms with Crippen LogP contribution in [0.3, 0.4) is 0 Å². The minimum absolute atomic E-state index is 0.212. The zero-order valence-corrected chi connectivity index (χ0v) is 18.5. The molecule has 0 spiro atoms. The van der Waals surface area contributed by atoms with Gasteiger partial charge in [-0.15, -0.1) is 0 Å². The summed E-state index contributed by atoms with van der Waals surface area (Å²) in [5.74, 6) is -0.891. The van der Waals surface area contributed by atoms with Gasteiger partial charge in [0.2, 0.25) is 0 Å². The Morgan fingerprint density at radius 2 is 1.41 bits per heavy atom. The van der Waals surface area contributed by atoms with Crippen molar-refractivity contribution in [2.75, 3.05) is 6.61 Å². The molecule has 164 valence electrons. The van der Waals surface area contributed by atoms with E-state index in [2.05, 4.69) is 36.4 Å². The maximum absolute atomic E-state index is 10.7. The molecule has 1 aromatic carbocycles. The van der Waals surface area contributed by atoms with Crippen molar-refractivity contribution in [3.63, 3.8) is 0 Å². The molecule has 0 fully saturated rings. The molecule has 0 heterocycles. The number of benzene rings is 1. The third kappa shape index (κ3) is 15.9. The van der Waals surface area contributed by atoms with E-state index in [-0.39, 0.29) is 5.92 Å². The molecular formula is C26H42O3. The lowest BCUT2D eigenvalue weighted by atomic mass is 10.0. The van der Waals surface area contributed by atoms with Crippen molar-refractivity contribution in [3.05, 3.63) is 48.0 Å². The van der Waals surface area contributed by atoms with Crippen LogP contribution < -0.4 is 0 Å². The molecule has 1 unspecified atom stereocenters. The number of carboxylic acid groups (broad SMARTS) is 1. The van der Waals surface area contributed by atoms with E-state index in [0.717, 1.165) is 38.9 Å². The van der Waals surface area contributed by atoms with Crippen molar-refractivity contribution in [1.29, 1.82) is 0 Å². The van der Waals surface area contributed by atoms with Crippen LogP contribution in [0.5, 0.6) is 0 Å². The van der Waals surface area contributed by atoms with Crippen molar-refractivity contribution in [2.24, 2.45) is 5.92 Å². The van der Waals surface area contributed by atoms with Crippen LogP contribution in [-0.4, -0.2) is 17.7 Å². The summed E-state index contributed by atoms with van der Waals surface area (Å²) in [5, 5.41) is 8.83. The van der Waals surface area contributed by atoms with E-state index in [9.17, 15) is 4.79 Å². The fourth-order valence-corrected chi connectivity index (χ4v) is 3.37. The van der Waals surface area contributed by atoms with Gasteiger partial charge >= 0.3 is 5.97 Å². The largest absolute Gasteiger partial charge is 0.481 e. The SMILES string of the molecule is CC(CCCC=CCCCCCCCCCCCOCc1ccccc1)C(=O)O. The molecule has 1 N–H and O–H groups in total. The quantitative estimate of drug-likeness (QED) is 0.192. The molecule has 3 nitrogen and oxygen atoms in total. The standard InChI is InChI=1S/C26H42O3/c1-24(26(27)28)19-15-12-10-8-6-4-2-3-5-7-9-11-13-18-22-29-23-25-20-16-14-17-21-25/h8,10,14,16-17,20-21,24H,2-7,9,11-13,15,18-19,22-23H2,1H3,(H,27,28). The first kappa shape index (κ1) is 25.4. The normalized spacial score (nSPS) is 12.4. The maximum Gasteiger partial charge on any atom is 0.306 e. The van der Waals surface area contributed by atoms with Crippen LogP contribution in [-0.2, 0) is 16.1 Å². The fourth-order valence-electron chi connectivity index (χ4n) is 3.37. The molecule has 0 radical (unpaired) electrons. The highest BCUT2D eigenvalue weighted by atomic mass is 16.5. The lowest BCUT2D eigenvalue weighted by Gasteiger charge is -2.05. The summed E-state index contributed by atoms with van der Waals surface area (Å²) in [4.78, 5) is 10.7. The molecule has 0 aliphatic heterocycles. The number of ether oxygens (including phenoxy) is 1. The summed E-state index contributed by atoms with van der Waals surface area (Å²) >= 11 is 0. The first-order valence-corrected chi connectivity index (χ1v) is 11.7. The molecular weight excluding hydrogens is 360 g/mol. The van der Waals surface area contributed by atoms with Crippen molar-refractivity contribution in [2.45, 2.75) is 97.0 Å². The van der Waals surface area contributed by atoms with Crippen LogP contribution in [0.25, 0.3) is 0 Å². The highest BCUT2D eigenvalue weighted by Gasteiger charge is 2.08. The molecule has 29 heavy (non-hydrogen) atoms. The van der Waals surface area contributed by atoms with Gasteiger partial charge in [0.05, 0.1) is 12.5 Å². The topological polar surface area (TPSA) is 46.5 Å². The van der Waals surface area contributed by atoms with Gasteiger partial charge in [0.25, 0.3) is 0 Å². The highest BCUT2D eigenvalue weighted by Crippen LogP contribution is 2.12. The number of hydrogen-bond donors (Lipinski definition) is 1. The summed E-state index contributed by atoms with van der Waals surface area (Å²) in [6.45, 7) is 3.40. The zero-order chi connectivity index (χ0) is 21.0. The number of allylic oxidation sites excluding steroid dienone is 2. The maximum atomic E-state index is 10.7. The third-order valence-corrected chi connectivity index (χ3v) is 5.37. The number of aliphatic carboxylic acids is 1. The molecule has 0 bridgehead atoms. The summed E-state index contributed by atoms with van der Waals surface area (Å²) in [6.07, 6.45) is 20.2. The summed E-state index contributed by atoms with van der Waals surface area (Å²) < 4.78 is 5.72. The summed E-state index contributed by atoms with van der Waals surface area (Å²) in [7, 11) is 0. The minimum Gasteiger partial charge on any atom is -0.481 e. The second-order valence-corrected chi connectivity index (χ2v) is 8.15. The highest BCUT2D eigenvalue weighted by molar-refractivity contribution is 5.69. The first-order valence-electron chi connectivity index (χ1n) is 11.7. The molecule has 0 amide bonds. The number of carbonyl (C=O) groups is 1. The van der Waals surface area contributed by atoms with Crippen LogP contribution in [0.2, 0.25) is 0 Å². The van der Waals surface area contributed by atoms with Gasteiger partial charge < -0.3 is 9.84 Å². The van der Waals surface area contributed by atoms with Crippen LogP contribution in [0.15, 0.2) is 42.5 Å². The fraction of sp³-hybridized carbons (Fsp3) is 0.654. The van der Waals surface area contributed by atoms with Gasteiger partial charge in [-0.3, -0.25) is 4.79 Å². The second kappa shape index (κ2) is 18.4. The minimum atomic E-state index is -0.679. The predicted octanol–water partition coefficient (Wildman–Crippen LogP) is 7.55. The molecule has 1 atom stereocenters. The molecule has 3 heteroatoms. The Morgan fingerprint density at radius 3 is 2.03 bits per heavy atom. The van der Waals surface area contributed by atoms with Gasteiger partial charge in [-0.2, -0.15) is 0 Å². The van der Waals surface area contributed by atoms with E-state index in [0.29, 0.717) is 0 Å². The van der Waals surface area contributed by atoms with Crippen LogP contribution in [0.1, 0.15) is 96.0 Å². The Labute approximate surface area is 178 Å². The Morgan fingerprint density at radius 1 is 0.862 bits per heavy atom. The van der Waals surface area contributed by atoms with Gasteiger partial charge in [0.15, 0.2) is 0 Å². The average Bonchev–Trinajstić information content (AvgIpc) is 2.73. The lowest BCUT2D eigenvalue weighted by Crippen LogP contribution is -2.08. The molecule has 0 saturated heterocycles. The summed E-state index contributed by atoms with van der Waals surface area (Å²) in [5.41, 5.74) is 1.26. The van der Waals surface area contributed by atoms with E-state index < -0.39 is 5.97 Å². The van der Waals surface area contributed by atoms with E-state index in [4.69, 9.17) is 9.84 Å². The number of carboxylic acids is 1. The molecule has 0 saturated carbocycles. The lowest BCUT2D eigenvalue weighted by molar-refractivity contribution is -0.141. The van der Waals surface area contributed by atoms with Crippen molar-refractivity contribution < 1.29 is 14.6 Å². The molecule has 1 rings (SSSR count). The first-order chi connectivity index (χ1) is 14.2. The Bertz CT molecular complexity index is 524. The van der Waals surface area contributed by atoms with Crippen LogP contribution in [0.4, 0.5) is 0 Å². The van der Waals surface area contributed by atoms with Gasteiger partial charge in [-0.25, -0.2) is 0 Å². The van der Waals surface area contributed by atoms with Crippen molar-refractivity contribution in [3.8, 4) is 0 Å². The average molecular weight is 403 g/mol. The van der Waals surface area contributed by atoms with Crippen LogP contribution in [0, 0.1) is 5.92 Å². The monoisotopic (exact) mass is 402 g/mol. The van der Waals surface area contributed by atoms with E-state index in [1.807, 2.05) is 6.07 Å². The second-order valence-electron chi connectivity index (χ2n) is 8.15. The Hall–Kier alpha value is -1.61. The van der Waals surface area contributed by atoms with E-state index in [1.54, 1.807) is 6.92 Å². The van der Waals surface area contributed by atoms with Crippen molar-refractivity contribution in [1.82, 2.24) is 0 Å². The van der Waals surface area contributed by atoms with Crippen LogP contribution >= 0.6 is 0 Å². The molecule has 0 aromatic heterocycles. The number of rotatable bonds is 19. The van der Waals surface area contributed by atoms with Gasteiger partial charge in [0, 0.05) is 6.61 Å². The van der Waals surface area contributed by atoms with Gasteiger partial charge in [-0.05, 0) is 44.1 Å². The third-order valence-electron chi connectivity index (χ3n) is 5.37. The molecule has 0 aliphatic rings.